The van der Waals surface area contributed by atoms with Gasteiger partial charge in [0, 0.05) is 12.3 Å². The molecular formula is C19H35IO2. The second-order valence-corrected chi connectivity index (χ2v) is 8.05. The summed E-state index contributed by atoms with van der Waals surface area (Å²) in [6.07, 6.45) is 18.7. The van der Waals surface area contributed by atoms with Crippen molar-refractivity contribution in [1.29, 1.82) is 0 Å². The third-order valence-electron chi connectivity index (χ3n) is 4.75. The summed E-state index contributed by atoms with van der Waals surface area (Å²) >= 11 is 2.32. The topological polar surface area (TPSA) is 26.3 Å². The lowest BCUT2D eigenvalue weighted by molar-refractivity contribution is -0.146. The zero-order chi connectivity index (χ0) is 16.0. The third kappa shape index (κ3) is 10.1. The Morgan fingerprint density at radius 1 is 0.955 bits per heavy atom. The molecule has 0 aromatic heterocycles. The molecule has 0 heterocycles. The van der Waals surface area contributed by atoms with Gasteiger partial charge in [0.15, 0.2) is 4.11 Å². The van der Waals surface area contributed by atoms with Crippen LogP contribution in [0.5, 0.6) is 0 Å². The van der Waals surface area contributed by atoms with Gasteiger partial charge in [-0.3, -0.25) is 4.79 Å². The van der Waals surface area contributed by atoms with E-state index in [2.05, 4.69) is 29.5 Å². The van der Waals surface area contributed by atoms with Crippen LogP contribution < -0.4 is 0 Å². The number of esters is 1. The zero-order valence-corrected chi connectivity index (χ0v) is 16.6. The standard InChI is InChI=1S/C19H35IO2/c1-2-3-4-5-6-7-8-9-13-16-18(21)22-19(20)17-14-11-10-12-15-17/h17,19H,2-16H2,1H3. The molecule has 1 aliphatic rings. The molecule has 1 rings (SSSR count). The Hall–Kier alpha value is 0.200. The molecule has 0 bridgehead atoms. The van der Waals surface area contributed by atoms with Gasteiger partial charge < -0.3 is 4.74 Å². The fraction of sp³-hybridized carbons (Fsp3) is 0.947. The summed E-state index contributed by atoms with van der Waals surface area (Å²) in [7, 11) is 0. The number of unbranched alkanes of at least 4 members (excludes halogenated alkanes) is 8. The third-order valence-corrected chi connectivity index (χ3v) is 6.02. The van der Waals surface area contributed by atoms with Crippen molar-refractivity contribution in [3.05, 3.63) is 0 Å². The highest BCUT2D eigenvalue weighted by Gasteiger charge is 2.24. The van der Waals surface area contributed by atoms with E-state index in [0.29, 0.717) is 12.3 Å². The van der Waals surface area contributed by atoms with Gasteiger partial charge in [-0.15, -0.1) is 0 Å². The molecule has 0 saturated heterocycles. The van der Waals surface area contributed by atoms with Crippen molar-refractivity contribution in [2.45, 2.75) is 107 Å². The summed E-state index contributed by atoms with van der Waals surface area (Å²) in [4.78, 5) is 11.9. The van der Waals surface area contributed by atoms with Crippen LogP contribution in [-0.2, 0) is 9.53 Å². The van der Waals surface area contributed by atoms with E-state index in [1.165, 1.54) is 83.5 Å². The van der Waals surface area contributed by atoms with Gasteiger partial charge >= 0.3 is 5.97 Å². The molecule has 22 heavy (non-hydrogen) atoms. The first-order chi connectivity index (χ1) is 10.7. The Balaban J connectivity index is 1.92. The minimum absolute atomic E-state index is 0.0212. The van der Waals surface area contributed by atoms with Crippen LogP contribution in [0.1, 0.15) is 103 Å². The van der Waals surface area contributed by atoms with Gasteiger partial charge in [0.2, 0.25) is 0 Å². The highest BCUT2D eigenvalue weighted by atomic mass is 127. The lowest BCUT2D eigenvalue weighted by Gasteiger charge is -2.26. The van der Waals surface area contributed by atoms with Gasteiger partial charge in [-0.05, 0) is 41.9 Å². The molecule has 0 aromatic rings. The first kappa shape index (κ1) is 20.2. The Labute approximate surface area is 151 Å². The molecule has 0 amide bonds. The SMILES string of the molecule is CCCCCCCCCCCC(=O)OC(I)C1CCCCC1. The molecule has 1 saturated carbocycles. The van der Waals surface area contributed by atoms with Crippen molar-refractivity contribution < 1.29 is 9.53 Å². The van der Waals surface area contributed by atoms with E-state index in [1.54, 1.807) is 0 Å². The van der Waals surface area contributed by atoms with Crippen LogP contribution in [-0.4, -0.2) is 10.1 Å². The maximum absolute atomic E-state index is 11.9. The lowest BCUT2D eigenvalue weighted by Crippen LogP contribution is -2.23. The summed E-state index contributed by atoms with van der Waals surface area (Å²) in [6.45, 7) is 2.26. The van der Waals surface area contributed by atoms with Gasteiger partial charge in [-0.25, -0.2) is 0 Å². The molecule has 1 fully saturated rings. The van der Waals surface area contributed by atoms with Gasteiger partial charge in [-0.2, -0.15) is 0 Å². The van der Waals surface area contributed by atoms with E-state index >= 15 is 0 Å². The minimum atomic E-state index is 0.0212. The lowest BCUT2D eigenvalue weighted by atomic mass is 9.90. The summed E-state index contributed by atoms with van der Waals surface area (Å²) in [6, 6.07) is 0. The van der Waals surface area contributed by atoms with Crippen LogP contribution in [0.3, 0.4) is 0 Å². The molecule has 0 spiro atoms. The Bertz CT molecular complexity index is 275. The van der Waals surface area contributed by atoms with Crippen LogP contribution >= 0.6 is 22.6 Å². The molecule has 0 aromatic carbocycles. The smallest absolute Gasteiger partial charge is 0.306 e. The number of carbonyl (C=O) groups excluding carboxylic acids is 1. The van der Waals surface area contributed by atoms with Crippen molar-refractivity contribution in [2.75, 3.05) is 0 Å². The average Bonchev–Trinajstić information content (AvgIpc) is 2.54. The van der Waals surface area contributed by atoms with Gasteiger partial charge in [-0.1, -0.05) is 77.6 Å². The first-order valence-electron chi connectivity index (χ1n) is 9.57. The van der Waals surface area contributed by atoms with E-state index in [4.69, 9.17) is 4.74 Å². The van der Waals surface area contributed by atoms with Crippen LogP contribution in [0, 0.1) is 5.92 Å². The maximum atomic E-state index is 11.9. The predicted molar refractivity (Wildman–Crippen MR) is 102 cm³/mol. The Kier molecular flexibility index (Phi) is 12.5. The van der Waals surface area contributed by atoms with Gasteiger partial charge in [0.05, 0.1) is 0 Å². The normalized spacial score (nSPS) is 17.4. The number of ether oxygens (including phenoxy) is 1. The number of rotatable bonds is 12. The summed E-state index contributed by atoms with van der Waals surface area (Å²) in [5.41, 5.74) is 0. The molecule has 1 atom stereocenters. The number of halogens is 1. The maximum Gasteiger partial charge on any atom is 0.306 e. The minimum Gasteiger partial charge on any atom is -0.451 e. The van der Waals surface area contributed by atoms with Gasteiger partial charge in [0.1, 0.15) is 0 Å². The van der Waals surface area contributed by atoms with Crippen molar-refractivity contribution in [1.82, 2.24) is 0 Å². The molecule has 2 nitrogen and oxygen atoms in total. The Morgan fingerprint density at radius 3 is 2.09 bits per heavy atom. The second-order valence-electron chi connectivity index (χ2n) is 6.82. The molecule has 0 aliphatic heterocycles. The molecule has 130 valence electrons. The number of carbonyl (C=O) groups is 1. The first-order valence-corrected chi connectivity index (χ1v) is 10.8. The van der Waals surface area contributed by atoms with E-state index in [9.17, 15) is 4.79 Å². The largest absolute Gasteiger partial charge is 0.451 e. The van der Waals surface area contributed by atoms with Crippen molar-refractivity contribution in [2.24, 2.45) is 5.92 Å². The molecule has 0 radical (unpaired) electrons. The van der Waals surface area contributed by atoms with Crippen molar-refractivity contribution in [3.8, 4) is 0 Å². The van der Waals surface area contributed by atoms with Crippen molar-refractivity contribution >= 4 is 28.6 Å². The van der Waals surface area contributed by atoms with Crippen LogP contribution in [0.25, 0.3) is 0 Å². The van der Waals surface area contributed by atoms with Crippen LogP contribution in [0.15, 0.2) is 0 Å². The van der Waals surface area contributed by atoms with E-state index in [1.807, 2.05) is 0 Å². The molecule has 1 aliphatic carbocycles. The predicted octanol–water partition coefficient (Wildman–Crippen LogP) is 6.79. The quantitative estimate of drug-likeness (QED) is 0.150. The summed E-state index contributed by atoms with van der Waals surface area (Å²) in [5.74, 6) is 0.620. The highest BCUT2D eigenvalue weighted by molar-refractivity contribution is 14.1. The van der Waals surface area contributed by atoms with Crippen LogP contribution in [0.4, 0.5) is 0 Å². The second kappa shape index (κ2) is 13.6. The zero-order valence-electron chi connectivity index (χ0n) is 14.5. The highest BCUT2D eigenvalue weighted by Crippen LogP contribution is 2.31. The monoisotopic (exact) mass is 422 g/mol. The average molecular weight is 422 g/mol. The van der Waals surface area contributed by atoms with E-state index in [0.717, 1.165) is 6.42 Å². The molecule has 0 N–H and O–H groups in total. The fourth-order valence-corrected chi connectivity index (χ4v) is 4.26. The Morgan fingerprint density at radius 2 is 1.50 bits per heavy atom. The fourth-order valence-electron chi connectivity index (χ4n) is 3.26. The molecular weight excluding hydrogens is 387 g/mol. The van der Waals surface area contributed by atoms with E-state index < -0.39 is 0 Å². The summed E-state index contributed by atoms with van der Waals surface area (Å²) in [5, 5.41) is 0. The molecule has 3 heteroatoms. The molecule has 1 unspecified atom stereocenters. The number of alkyl halides is 1. The van der Waals surface area contributed by atoms with Crippen molar-refractivity contribution in [3.63, 3.8) is 0 Å². The van der Waals surface area contributed by atoms with Gasteiger partial charge in [0.25, 0.3) is 0 Å². The van der Waals surface area contributed by atoms with E-state index in [-0.39, 0.29) is 10.1 Å². The van der Waals surface area contributed by atoms with Crippen LogP contribution in [0.2, 0.25) is 0 Å². The summed E-state index contributed by atoms with van der Waals surface area (Å²) < 4.78 is 5.71. The number of hydrogen-bond acceptors (Lipinski definition) is 2. The number of hydrogen-bond donors (Lipinski definition) is 0.